The van der Waals surface area contributed by atoms with Crippen LogP contribution in [0.25, 0.3) is 16.9 Å². The second kappa shape index (κ2) is 8.91. The number of imidazole rings is 1. The first-order valence-electron chi connectivity index (χ1n) is 9.99. The van der Waals surface area contributed by atoms with Gasteiger partial charge >= 0.3 is 12.4 Å². The fourth-order valence-electron chi connectivity index (χ4n) is 3.45. The zero-order valence-corrected chi connectivity index (χ0v) is 18.6. The monoisotopic (exact) mass is 519 g/mol. The van der Waals surface area contributed by atoms with Crippen molar-refractivity contribution in [2.45, 2.75) is 32.4 Å². The van der Waals surface area contributed by atoms with Crippen molar-refractivity contribution in [3.8, 4) is 11.6 Å². The third-order valence-electron chi connectivity index (χ3n) is 4.90. The van der Waals surface area contributed by atoms with Crippen LogP contribution >= 0.6 is 11.6 Å². The smallest absolute Gasteiger partial charge is 0.435 e. The molecular weight excluding hydrogens is 504 g/mol. The number of nitrogens with one attached hydrogen (secondary N) is 1. The summed E-state index contributed by atoms with van der Waals surface area (Å²) in [6.45, 7) is 0.268. The largest absolute Gasteiger partial charge is 0.478 e. The van der Waals surface area contributed by atoms with E-state index in [-0.39, 0.29) is 41.2 Å². The van der Waals surface area contributed by atoms with E-state index in [0.717, 1.165) is 21.5 Å². The summed E-state index contributed by atoms with van der Waals surface area (Å²) in [5, 5.41) is 11.6. The van der Waals surface area contributed by atoms with E-state index in [1.165, 1.54) is 16.7 Å². The van der Waals surface area contributed by atoms with Gasteiger partial charge in [0, 0.05) is 6.07 Å². The van der Waals surface area contributed by atoms with Crippen LogP contribution in [0.1, 0.15) is 18.2 Å². The van der Waals surface area contributed by atoms with Crippen LogP contribution in [-0.4, -0.2) is 41.7 Å². The van der Waals surface area contributed by atoms with E-state index < -0.39 is 30.2 Å². The fourth-order valence-corrected chi connectivity index (χ4v) is 3.58. The molecule has 1 aromatic carbocycles. The molecule has 0 bridgehead atoms. The molecule has 4 rings (SSSR count). The van der Waals surface area contributed by atoms with Gasteiger partial charge in [0.2, 0.25) is 16.8 Å². The molecule has 3 aromatic heterocycles. The van der Waals surface area contributed by atoms with Gasteiger partial charge < -0.3 is 4.74 Å². The minimum atomic E-state index is -4.66. The van der Waals surface area contributed by atoms with Crippen molar-refractivity contribution in [3.63, 3.8) is 0 Å². The third kappa shape index (κ3) is 5.11. The fraction of sp³-hybridized carbons (Fsp3) is 0.300. The summed E-state index contributed by atoms with van der Waals surface area (Å²) in [6.07, 6.45) is -8.14. The van der Waals surface area contributed by atoms with Crippen molar-refractivity contribution in [3.05, 3.63) is 58.7 Å². The highest BCUT2D eigenvalue weighted by atomic mass is 35.5. The van der Waals surface area contributed by atoms with E-state index in [9.17, 15) is 26.3 Å². The molecule has 0 aliphatic heterocycles. The van der Waals surface area contributed by atoms with Gasteiger partial charge in [0.25, 0.3) is 0 Å². The van der Waals surface area contributed by atoms with Crippen molar-refractivity contribution < 1.29 is 31.1 Å². The second-order valence-corrected chi connectivity index (χ2v) is 7.67. The van der Waals surface area contributed by atoms with Gasteiger partial charge in [0.05, 0.1) is 25.0 Å². The molecule has 0 spiro atoms. The number of rotatable bonds is 6. The molecule has 0 atom stereocenters. The molecule has 0 saturated heterocycles. The minimum Gasteiger partial charge on any atom is -0.478 e. The number of fused-ring (bicyclic) bond motifs is 1. The van der Waals surface area contributed by atoms with Crippen LogP contribution < -0.4 is 10.4 Å². The highest BCUT2D eigenvalue weighted by Crippen LogP contribution is 2.32. The molecule has 0 amide bonds. The Balaban J connectivity index is 1.70. The summed E-state index contributed by atoms with van der Waals surface area (Å²) < 4.78 is 86.7. The van der Waals surface area contributed by atoms with Crippen LogP contribution in [0.4, 0.5) is 26.3 Å². The lowest BCUT2D eigenvalue weighted by molar-refractivity contribution is -0.141. The molecule has 0 aliphatic rings. The lowest BCUT2D eigenvalue weighted by Crippen LogP contribution is -2.30. The highest BCUT2D eigenvalue weighted by molar-refractivity contribution is 6.28. The Morgan fingerprint density at radius 1 is 1.06 bits per heavy atom. The number of halogens is 7. The van der Waals surface area contributed by atoms with E-state index in [1.807, 2.05) is 0 Å². The number of aromatic nitrogens is 6. The summed E-state index contributed by atoms with van der Waals surface area (Å²) in [5.41, 5.74) is -0.774. The minimum absolute atomic E-state index is 0.0223. The lowest BCUT2D eigenvalue weighted by atomic mass is 10.2. The van der Waals surface area contributed by atoms with Crippen LogP contribution in [0.5, 0.6) is 5.88 Å². The Kier molecular flexibility index (Phi) is 6.25. The SMILES string of the molecule is CCOc1cc(C(F)(F)F)nn1-c1ccc(Cn2c(=N)n(CC(F)(F)F)c3cnc(Cl)nc32)cc1. The predicted molar refractivity (Wildman–Crippen MR) is 111 cm³/mol. The average molecular weight is 520 g/mol. The van der Waals surface area contributed by atoms with Gasteiger partial charge in [0.15, 0.2) is 11.3 Å². The maximum atomic E-state index is 13.1. The van der Waals surface area contributed by atoms with Crippen molar-refractivity contribution in [2.24, 2.45) is 0 Å². The van der Waals surface area contributed by atoms with Crippen molar-refractivity contribution in [1.29, 1.82) is 5.41 Å². The first-order valence-corrected chi connectivity index (χ1v) is 10.4. The van der Waals surface area contributed by atoms with Crippen molar-refractivity contribution in [2.75, 3.05) is 6.61 Å². The molecule has 0 aliphatic carbocycles. The van der Waals surface area contributed by atoms with E-state index in [4.69, 9.17) is 21.7 Å². The Morgan fingerprint density at radius 3 is 2.34 bits per heavy atom. The van der Waals surface area contributed by atoms with Gasteiger partial charge in [-0.15, -0.1) is 0 Å². The normalized spacial score (nSPS) is 12.5. The maximum Gasteiger partial charge on any atom is 0.435 e. The molecule has 8 nitrogen and oxygen atoms in total. The molecule has 0 fully saturated rings. The van der Waals surface area contributed by atoms with E-state index >= 15 is 0 Å². The zero-order valence-electron chi connectivity index (χ0n) is 17.8. The molecule has 0 radical (unpaired) electrons. The van der Waals surface area contributed by atoms with Crippen molar-refractivity contribution in [1.82, 2.24) is 28.9 Å². The van der Waals surface area contributed by atoms with Gasteiger partial charge in [0.1, 0.15) is 12.1 Å². The molecule has 15 heteroatoms. The first kappa shape index (κ1) is 24.6. The Bertz CT molecular complexity index is 1420. The molecule has 0 unspecified atom stereocenters. The number of hydrogen-bond donors (Lipinski definition) is 1. The van der Waals surface area contributed by atoms with Crippen LogP contribution in [0.15, 0.2) is 36.5 Å². The van der Waals surface area contributed by atoms with Crippen LogP contribution in [0, 0.1) is 5.41 Å². The molecule has 0 saturated carbocycles. The van der Waals surface area contributed by atoms with Crippen LogP contribution in [0.2, 0.25) is 5.28 Å². The average Bonchev–Trinajstić information content (AvgIpc) is 3.29. The van der Waals surface area contributed by atoms with E-state index in [1.54, 1.807) is 19.1 Å². The summed E-state index contributed by atoms with van der Waals surface area (Å²) >= 11 is 5.82. The topological polar surface area (TPSA) is 86.5 Å². The van der Waals surface area contributed by atoms with Crippen LogP contribution in [0.3, 0.4) is 0 Å². The summed E-state index contributed by atoms with van der Waals surface area (Å²) in [7, 11) is 0. The second-order valence-electron chi connectivity index (χ2n) is 7.34. The molecule has 35 heavy (non-hydrogen) atoms. The first-order chi connectivity index (χ1) is 16.4. The van der Waals surface area contributed by atoms with Crippen LogP contribution in [-0.2, 0) is 19.3 Å². The molecule has 186 valence electrons. The number of nitrogens with zero attached hydrogens (tertiary/aromatic N) is 6. The Hall–Kier alpha value is -3.55. The van der Waals surface area contributed by atoms with Gasteiger partial charge in [-0.25, -0.2) is 9.67 Å². The van der Waals surface area contributed by atoms with Gasteiger partial charge in [-0.3, -0.25) is 14.5 Å². The summed E-state index contributed by atoms with van der Waals surface area (Å²) in [4.78, 5) is 7.69. The van der Waals surface area contributed by atoms with E-state index in [2.05, 4.69) is 15.1 Å². The van der Waals surface area contributed by atoms with Crippen molar-refractivity contribution >= 4 is 22.8 Å². The Labute approximate surface area is 197 Å². The molecule has 1 N–H and O–H groups in total. The Morgan fingerprint density at radius 2 is 1.74 bits per heavy atom. The molecule has 3 heterocycles. The van der Waals surface area contributed by atoms with Gasteiger partial charge in [-0.1, -0.05) is 12.1 Å². The van der Waals surface area contributed by atoms with Gasteiger partial charge in [-0.05, 0) is 36.2 Å². The van der Waals surface area contributed by atoms with E-state index in [0.29, 0.717) is 5.56 Å². The molecular formula is C20H16ClF6N7O. The molecule has 4 aromatic rings. The summed E-state index contributed by atoms with van der Waals surface area (Å²) in [5.74, 6) is -0.100. The number of benzene rings is 1. The zero-order chi connectivity index (χ0) is 25.5. The third-order valence-corrected chi connectivity index (χ3v) is 5.08. The lowest BCUT2D eigenvalue weighted by Gasteiger charge is -2.10. The standard InChI is InChI=1S/C20H16ClF6N7O/c1-2-35-15-7-14(20(25,26)27)31-34(15)12-5-3-11(4-6-12)9-32-16-13(8-29-17(21)30-16)33(18(32)28)10-19(22,23)24/h3-8,28H,2,9-10H2,1H3. The maximum absolute atomic E-state index is 13.1. The number of hydrogen-bond acceptors (Lipinski definition) is 5. The van der Waals surface area contributed by atoms with Gasteiger partial charge in [-0.2, -0.15) is 36.4 Å². The number of alkyl halides is 6. The predicted octanol–water partition coefficient (Wildman–Crippen LogP) is 4.58. The quantitative estimate of drug-likeness (QED) is 0.298. The highest BCUT2D eigenvalue weighted by Gasteiger charge is 2.35. The number of ether oxygens (including phenoxy) is 1. The summed E-state index contributed by atoms with van der Waals surface area (Å²) in [6, 6.07) is 6.83.